The average molecular weight is 408 g/mol. The van der Waals surface area contributed by atoms with Crippen molar-refractivity contribution in [2.75, 3.05) is 23.3 Å². The van der Waals surface area contributed by atoms with Gasteiger partial charge in [-0.05, 0) is 55.2 Å². The first-order valence-electron chi connectivity index (χ1n) is 10.3. The van der Waals surface area contributed by atoms with Crippen LogP contribution in [0.5, 0.6) is 0 Å². The first kappa shape index (κ1) is 21.6. The Hall–Kier alpha value is -3.15. The third-order valence-corrected chi connectivity index (χ3v) is 5.40. The number of amides is 3. The second-order valence-electron chi connectivity index (χ2n) is 8.31. The quantitative estimate of drug-likeness (QED) is 0.767. The van der Waals surface area contributed by atoms with Crippen molar-refractivity contribution in [3.63, 3.8) is 0 Å². The summed E-state index contributed by atoms with van der Waals surface area (Å²) in [5, 5.41) is 5.73. The zero-order chi connectivity index (χ0) is 21.8. The third kappa shape index (κ3) is 4.87. The van der Waals surface area contributed by atoms with Gasteiger partial charge < -0.3 is 15.5 Å². The smallest absolute Gasteiger partial charge is 0.253 e. The number of hydrogen-bond donors (Lipinski definition) is 2. The van der Waals surface area contributed by atoms with Crippen molar-refractivity contribution in [1.82, 2.24) is 5.32 Å². The van der Waals surface area contributed by atoms with E-state index < -0.39 is 5.92 Å². The molecule has 3 amide bonds. The summed E-state index contributed by atoms with van der Waals surface area (Å²) in [6, 6.07) is 12.8. The van der Waals surface area contributed by atoms with E-state index in [2.05, 4.69) is 10.6 Å². The fraction of sp³-hybridized carbons (Fsp3) is 0.375. The van der Waals surface area contributed by atoms with Crippen LogP contribution < -0.4 is 15.5 Å². The number of nitrogens with one attached hydrogen (secondary N) is 2. The van der Waals surface area contributed by atoms with Crippen LogP contribution in [0.1, 0.15) is 41.8 Å². The highest BCUT2D eigenvalue weighted by molar-refractivity contribution is 6.07. The molecule has 30 heavy (non-hydrogen) atoms. The maximum atomic E-state index is 12.9. The van der Waals surface area contributed by atoms with Gasteiger partial charge >= 0.3 is 0 Å². The summed E-state index contributed by atoms with van der Waals surface area (Å²) in [7, 11) is 0. The molecule has 2 aromatic carbocycles. The van der Waals surface area contributed by atoms with Crippen LogP contribution >= 0.6 is 0 Å². The molecular formula is C24H29N3O3. The molecule has 0 saturated carbocycles. The van der Waals surface area contributed by atoms with Gasteiger partial charge in [0.25, 0.3) is 5.91 Å². The molecule has 0 radical (unpaired) electrons. The molecule has 1 aliphatic rings. The lowest BCUT2D eigenvalue weighted by Gasteiger charge is -2.18. The van der Waals surface area contributed by atoms with Gasteiger partial charge in [-0.15, -0.1) is 0 Å². The Labute approximate surface area is 177 Å². The van der Waals surface area contributed by atoms with Gasteiger partial charge in [0, 0.05) is 25.2 Å². The highest BCUT2D eigenvalue weighted by Crippen LogP contribution is 2.28. The number of carbonyl (C=O) groups is 3. The molecule has 6 nitrogen and oxygen atoms in total. The highest BCUT2D eigenvalue weighted by Gasteiger charge is 2.35. The number of para-hydroxylation sites is 1. The van der Waals surface area contributed by atoms with E-state index in [1.165, 1.54) is 0 Å². The Morgan fingerprint density at radius 3 is 2.53 bits per heavy atom. The minimum atomic E-state index is -0.467. The molecular weight excluding hydrogens is 378 g/mol. The lowest BCUT2D eigenvalue weighted by atomic mass is 10.1. The zero-order valence-electron chi connectivity index (χ0n) is 18.0. The minimum Gasteiger partial charge on any atom is -0.352 e. The fourth-order valence-electron chi connectivity index (χ4n) is 3.44. The molecule has 1 atom stereocenters. The number of aryl methyl sites for hydroxylation is 2. The van der Waals surface area contributed by atoms with Crippen LogP contribution in [0, 0.1) is 25.7 Å². The molecule has 0 aliphatic carbocycles. The van der Waals surface area contributed by atoms with E-state index in [-0.39, 0.29) is 24.1 Å². The number of carbonyl (C=O) groups excluding carboxylic acids is 3. The van der Waals surface area contributed by atoms with Crippen LogP contribution in [0.4, 0.5) is 11.4 Å². The van der Waals surface area contributed by atoms with Crippen molar-refractivity contribution in [2.45, 2.75) is 34.1 Å². The SMILES string of the molecule is Cc1ccc(N2C[C@@H](C(=O)Nc3ccccc3C(=O)NCC(C)C)CC2=O)cc1C. The molecule has 2 N–H and O–H groups in total. The zero-order valence-corrected chi connectivity index (χ0v) is 18.0. The summed E-state index contributed by atoms with van der Waals surface area (Å²) in [5.41, 5.74) is 3.95. The van der Waals surface area contributed by atoms with Crippen molar-refractivity contribution in [3.8, 4) is 0 Å². The molecule has 2 aromatic rings. The highest BCUT2D eigenvalue weighted by atomic mass is 16.2. The monoisotopic (exact) mass is 407 g/mol. The van der Waals surface area contributed by atoms with Gasteiger partial charge in [0.1, 0.15) is 0 Å². The van der Waals surface area contributed by atoms with E-state index in [9.17, 15) is 14.4 Å². The van der Waals surface area contributed by atoms with E-state index in [0.29, 0.717) is 30.3 Å². The topological polar surface area (TPSA) is 78.5 Å². The number of benzene rings is 2. The van der Waals surface area contributed by atoms with E-state index in [1.807, 2.05) is 45.9 Å². The molecule has 0 bridgehead atoms. The molecule has 0 spiro atoms. The molecule has 1 fully saturated rings. The third-order valence-electron chi connectivity index (χ3n) is 5.40. The van der Waals surface area contributed by atoms with Crippen molar-refractivity contribution >= 4 is 29.1 Å². The Morgan fingerprint density at radius 2 is 1.83 bits per heavy atom. The summed E-state index contributed by atoms with van der Waals surface area (Å²) in [6.07, 6.45) is 0.153. The van der Waals surface area contributed by atoms with E-state index in [1.54, 1.807) is 29.2 Å². The van der Waals surface area contributed by atoms with Crippen molar-refractivity contribution in [2.24, 2.45) is 11.8 Å². The van der Waals surface area contributed by atoms with Gasteiger partial charge in [-0.25, -0.2) is 0 Å². The minimum absolute atomic E-state index is 0.0682. The van der Waals surface area contributed by atoms with Crippen LogP contribution in [0.25, 0.3) is 0 Å². The summed E-state index contributed by atoms with van der Waals surface area (Å²) in [6.45, 7) is 8.96. The number of hydrogen-bond acceptors (Lipinski definition) is 3. The van der Waals surface area contributed by atoms with Crippen LogP contribution in [0.2, 0.25) is 0 Å². The van der Waals surface area contributed by atoms with E-state index in [0.717, 1.165) is 16.8 Å². The van der Waals surface area contributed by atoms with Crippen molar-refractivity contribution in [1.29, 1.82) is 0 Å². The first-order valence-corrected chi connectivity index (χ1v) is 10.3. The van der Waals surface area contributed by atoms with Gasteiger partial charge in [-0.1, -0.05) is 32.0 Å². The Bertz CT molecular complexity index is 968. The Morgan fingerprint density at radius 1 is 1.10 bits per heavy atom. The maximum Gasteiger partial charge on any atom is 0.253 e. The van der Waals surface area contributed by atoms with Crippen LogP contribution in [-0.4, -0.2) is 30.8 Å². The van der Waals surface area contributed by atoms with Crippen LogP contribution in [-0.2, 0) is 9.59 Å². The Balaban J connectivity index is 1.70. The summed E-state index contributed by atoms with van der Waals surface area (Å²) in [4.78, 5) is 39.6. The summed E-state index contributed by atoms with van der Waals surface area (Å²) in [5.74, 6) is -0.679. The first-order chi connectivity index (χ1) is 14.3. The largest absolute Gasteiger partial charge is 0.352 e. The second-order valence-corrected chi connectivity index (χ2v) is 8.31. The van der Waals surface area contributed by atoms with E-state index >= 15 is 0 Å². The molecule has 6 heteroatoms. The standard InChI is InChI=1S/C24H29N3O3/c1-15(2)13-25-24(30)20-7-5-6-8-21(20)26-23(29)18-12-22(28)27(14-18)19-10-9-16(3)17(4)11-19/h5-11,15,18H,12-14H2,1-4H3,(H,25,30)(H,26,29)/t18-/m0/s1. The predicted molar refractivity (Wildman–Crippen MR) is 119 cm³/mol. The Kier molecular flexibility index (Phi) is 6.55. The number of anilines is 2. The van der Waals surface area contributed by atoms with Gasteiger partial charge in [0.05, 0.1) is 17.2 Å². The lowest BCUT2D eigenvalue weighted by molar-refractivity contribution is -0.122. The van der Waals surface area contributed by atoms with Crippen LogP contribution in [0.3, 0.4) is 0 Å². The number of rotatable bonds is 6. The molecule has 3 rings (SSSR count). The van der Waals surface area contributed by atoms with Gasteiger partial charge in [0.2, 0.25) is 11.8 Å². The average Bonchev–Trinajstić information content (AvgIpc) is 3.10. The van der Waals surface area contributed by atoms with E-state index in [4.69, 9.17) is 0 Å². The molecule has 1 aliphatic heterocycles. The fourth-order valence-corrected chi connectivity index (χ4v) is 3.44. The lowest BCUT2D eigenvalue weighted by Crippen LogP contribution is -2.30. The maximum absolute atomic E-state index is 12.9. The molecule has 0 unspecified atom stereocenters. The van der Waals surface area contributed by atoms with Gasteiger partial charge in [0.15, 0.2) is 0 Å². The van der Waals surface area contributed by atoms with Crippen molar-refractivity contribution < 1.29 is 14.4 Å². The number of nitrogens with zero attached hydrogens (tertiary/aromatic N) is 1. The van der Waals surface area contributed by atoms with Crippen LogP contribution in [0.15, 0.2) is 42.5 Å². The summed E-state index contributed by atoms with van der Waals surface area (Å²) >= 11 is 0. The molecule has 1 heterocycles. The molecule has 158 valence electrons. The molecule has 1 saturated heterocycles. The molecule has 0 aromatic heterocycles. The predicted octanol–water partition coefficient (Wildman–Crippen LogP) is 3.68. The van der Waals surface area contributed by atoms with Crippen molar-refractivity contribution in [3.05, 3.63) is 59.2 Å². The summed E-state index contributed by atoms with van der Waals surface area (Å²) < 4.78 is 0. The van der Waals surface area contributed by atoms with Gasteiger partial charge in [-0.2, -0.15) is 0 Å². The second kappa shape index (κ2) is 9.11. The normalized spacial score (nSPS) is 16.1. The van der Waals surface area contributed by atoms with Gasteiger partial charge in [-0.3, -0.25) is 14.4 Å².